The van der Waals surface area contributed by atoms with Gasteiger partial charge in [-0.05, 0) is 27.6 Å². The Labute approximate surface area is 120 Å². The molecule has 2 heterocycles. The maximum Gasteiger partial charge on any atom is 0.324 e. The smallest absolute Gasteiger partial charge is 0.324 e. The van der Waals surface area contributed by atoms with Crippen LogP contribution in [0.1, 0.15) is 5.56 Å². The summed E-state index contributed by atoms with van der Waals surface area (Å²) in [7, 11) is 0. The lowest BCUT2D eigenvalue weighted by Gasteiger charge is -2.06. The molecule has 8 heteroatoms. The number of thiophene rings is 1. The van der Waals surface area contributed by atoms with Crippen LogP contribution < -0.4 is 5.32 Å². The summed E-state index contributed by atoms with van der Waals surface area (Å²) in [5, 5.41) is 15.9. The molecule has 2 aromatic heterocycles. The zero-order valence-electron chi connectivity index (χ0n) is 8.89. The number of halogens is 2. The van der Waals surface area contributed by atoms with Gasteiger partial charge in [0, 0.05) is 28.7 Å². The summed E-state index contributed by atoms with van der Waals surface area (Å²) >= 11 is 10.3. The lowest BCUT2D eigenvalue weighted by atomic mass is 10.3. The van der Waals surface area contributed by atoms with Crippen LogP contribution in [0.4, 0.5) is 10.7 Å². The Morgan fingerprint density at radius 1 is 1.56 bits per heavy atom. The lowest BCUT2D eigenvalue weighted by Crippen LogP contribution is -1.99. The van der Waals surface area contributed by atoms with Crippen molar-refractivity contribution in [2.75, 3.05) is 5.32 Å². The SMILES string of the molecule is O=[N+]([O-])c1cc(CNc2cc(Br)cnc2Cl)cs1. The van der Waals surface area contributed by atoms with Crippen LogP contribution in [0.15, 0.2) is 28.2 Å². The van der Waals surface area contributed by atoms with Crippen LogP contribution in [0.5, 0.6) is 0 Å². The molecule has 2 aromatic rings. The van der Waals surface area contributed by atoms with Gasteiger partial charge in [-0.2, -0.15) is 0 Å². The van der Waals surface area contributed by atoms with Crippen molar-refractivity contribution in [3.63, 3.8) is 0 Å². The van der Waals surface area contributed by atoms with Crippen LogP contribution in [0.25, 0.3) is 0 Å². The van der Waals surface area contributed by atoms with Gasteiger partial charge in [0.05, 0.1) is 10.6 Å². The molecule has 5 nitrogen and oxygen atoms in total. The summed E-state index contributed by atoms with van der Waals surface area (Å²) in [6.07, 6.45) is 1.60. The minimum Gasteiger partial charge on any atom is -0.378 e. The molecule has 0 aliphatic heterocycles. The van der Waals surface area contributed by atoms with Gasteiger partial charge in [0.2, 0.25) is 0 Å². The van der Waals surface area contributed by atoms with Crippen LogP contribution in [-0.2, 0) is 6.54 Å². The third-order valence-corrected chi connectivity index (χ3v) is 3.77. The van der Waals surface area contributed by atoms with Crippen LogP contribution in [-0.4, -0.2) is 9.91 Å². The molecule has 1 N–H and O–H groups in total. The highest BCUT2D eigenvalue weighted by molar-refractivity contribution is 9.10. The van der Waals surface area contributed by atoms with Crippen LogP contribution in [0.3, 0.4) is 0 Å². The number of rotatable bonds is 4. The molecule has 0 saturated carbocycles. The van der Waals surface area contributed by atoms with E-state index in [-0.39, 0.29) is 5.00 Å². The average Bonchev–Trinajstić information content (AvgIpc) is 2.79. The highest BCUT2D eigenvalue weighted by atomic mass is 79.9. The fourth-order valence-corrected chi connectivity index (χ4v) is 2.53. The number of nitrogens with zero attached hydrogens (tertiary/aromatic N) is 2. The number of nitro groups is 1. The first kappa shape index (κ1) is 13.3. The first-order valence-corrected chi connectivity index (χ1v) is 6.88. The van der Waals surface area contributed by atoms with Gasteiger partial charge in [-0.3, -0.25) is 10.1 Å². The van der Waals surface area contributed by atoms with Gasteiger partial charge in [0.25, 0.3) is 0 Å². The molecule has 94 valence electrons. The molecule has 0 fully saturated rings. The minimum atomic E-state index is -0.401. The van der Waals surface area contributed by atoms with Crippen LogP contribution in [0.2, 0.25) is 5.15 Å². The van der Waals surface area contributed by atoms with Gasteiger partial charge in [-0.1, -0.05) is 22.9 Å². The zero-order valence-corrected chi connectivity index (χ0v) is 12.1. The number of pyridine rings is 1. The third kappa shape index (κ3) is 3.18. The Morgan fingerprint density at radius 3 is 3.00 bits per heavy atom. The molecule has 0 radical (unpaired) electrons. The number of hydrogen-bond donors (Lipinski definition) is 1. The van der Waals surface area contributed by atoms with Crippen molar-refractivity contribution >= 4 is 49.6 Å². The zero-order chi connectivity index (χ0) is 13.1. The largest absolute Gasteiger partial charge is 0.378 e. The second-order valence-electron chi connectivity index (χ2n) is 3.40. The predicted octanol–water partition coefficient (Wildman–Crippen LogP) is 4.08. The fraction of sp³-hybridized carbons (Fsp3) is 0.100. The Hall–Kier alpha value is -1.18. The summed E-state index contributed by atoms with van der Waals surface area (Å²) in [4.78, 5) is 14.1. The van der Waals surface area contributed by atoms with E-state index in [9.17, 15) is 10.1 Å². The Morgan fingerprint density at radius 2 is 2.33 bits per heavy atom. The van der Waals surface area contributed by atoms with E-state index in [1.807, 2.05) is 0 Å². The number of nitrogens with one attached hydrogen (secondary N) is 1. The standard InChI is InChI=1S/C10H7BrClN3O2S/c11-7-2-8(10(12)14-4-7)13-3-6-1-9(15(16)17)18-5-6/h1-2,4-5,13H,3H2. The summed E-state index contributed by atoms with van der Waals surface area (Å²) in [5.74, 6) is 0. The normalized spacial score (nSPS) is 10.3. The second-order valence-corrected chi connectivity index (χ2v) is 5.56. The van der Waals surface area contributed by atoms with E-state index in [0.29, 0.717) is 17.4 Å². The van der Waals surface area contributed by atoms with Crippen molar-refractivity contribution in [2.24, 2.45) is 0 Å². The van der Waals surface area contributed by atoms with E-state index < -0.39 is 4.92 Å². The van der Waals surface area contributed by atoms with Crippen LogP contribution >= 0.6 is 38.9 Å². The van der Waals surface area contributed by atoms with E-state index in [0.717, 1.165) is 21.4 Å². The molecular formula is C10H7BrClN3O2S. The highest BCUT2D eigenvalue weighted by Gasteiger charge is 2.10. The molecule has 2 rings (SSSR count). The van der Waals surface area contributed by atoms with Gasteiger partial charge < -0.3 is 5.32 Å². The van der Waals surface area contributed by atoms with Crippen molar-refractivity contribution < 1.29 is 4.92 Å². The van der Waals surface area contributed by atoms with E-state index in [1.165, 1.54) is 6.07 Å². The predicted molar refractivity (Wildman–Crippen MR) is 75.2 cm³/mol. The fourth-order valence-electron chi connectivity index (χ4n) is 1.29. The van der Waals surface area contributed by atoms with E-state index in [1.54, 1.807) is 17.6 Å². The number of aromatic nitrogens is 1. The van der Waals surface area contributed by atoms with Gasteiger partial charge in [-0.15, -0.1) is 0 Å². The van der Waals surface area contributed by atoms with Crippen molar-refractivity contribution in [2.45, 2.75) is 6.54 Å². The molecule has 0 spiro atoms. The molecule has 0 unspecified atom stereocenters. The minimum absolute atomic E-state index is 0.130. The summed E-state index contributed by atoms with van der Waals surface area (Å²) in [6, 6.07) is 3.34. The molecule has 0 atom stereocenters. The topological polar surface area (TPSA) is 68.1 Å². The van der Waals surface area contributed by atoms with Gasteiger partial charge in [0.15, 0.2) is 5.15 Å². The molecular weight excluding hydrogens is 342 g/mol. The maximum atomic E-state index is 10.5. The van der Waals surface area contributed by atoms with E-state index >= 15 is 0 Å². The van der Waals surface area contributed by atoms with Gasteiger partial charge >= 0.3 is 5.00 Å². The Bertz CT molecular complexity index is 590. The van der Waals surface area contributed by atoms with Crippen molar-refractivity contribution in [3.05, 3.63) is 49.0 Å². The lowest BCUT2D eigenvalue weighted by molar-refractivity contribution is -0.380. The van der Waals surface area contributed by atoms with E-state index in [4.69, 9.17) is 11.6 Å². The molecule has 0 aliphatic rings. The molecule has 0 amide bonds. The monoisotopic (exact) mass is 347 g/mol. The van der Waals surface area contributed by atoms with Crippen molar-refractivity contribution in [3.8, 4) is 0 Å². The Kier molecular flexibility index (Phi) is 4.15. The summed E-state index contributed by atoms with van der Waals surface area (Å²) < 4.78 is 0.811. The van der Waals surface area contributed by atoms with Crippen molar-refractivity contribution in [1.29, 1.82) is 0 Å². The van der Waals surface area contributed by atoms with E-state index in [2.05, 4.69) is 26.2 Å². The maximum absolute atomic E-state index is 10.5. The molecule has 0 bridgehead atoms. The van der Waals surface area contributed by atoms with Crippen molar-refractivity contribution in [1.82, 2.24) is 4.98 Å². The molecule has 0 aliphatic carbocycles. The van der Waals surface area contributed by atoms with Gasteiger partial charge in [-0.25, -0.2) is 4.98 Å². The highest BCUT2D eigenvalue weighted by Crippen LogP contribution is 2.26. The Balaban J connectivity index is 2.06. The first-order valence-electron chi connectivity index (χ1n) is 4.83. The third-order valence-electron chi connectivity index (χ3n) is 2.11. The molecule has 18 heavy (non-hydrogen) atoms. The summed E-state index contributed by atoms with van der Waals surface area (Å²) in [6.45, 7) is 0.461. The quantitative estimate of drug-likeness (QED) is 0.513. The van der Waals surface area contributed by atoms with Crippen LogP contribution in [0, 0.1) is 10.1 Å². The average molecular weight is 349 g/mol. The molecule has 0 saturated heterocycles. The van der Waals surface area contributed by atoms with Gasteiger partial charge in [0.1, 0.15) is 0 Å². The first-order chi connectivity index (χ1) is 8.56. The number of anilines is 1. The summed E-state index contributed by atoms with van der Waals surface area (Å²) in [5.41, 5.74) is 1.52. The number of hydrogen-bond acceptors (Lipinski definition) is 5. The second kappa shape index (κ2) is 5.64. The molecule has 0 aromatic carbocycles.